The summed E-state index contributed by atoms with van der Waals surface area (Å²) in [5.74, 6) is -2.78. The lowest BCUT2D eigenvalue weighted by Crippen LogP contribution is -2.44. The Labute approximate surface area is 107 Å². The summed E-state index contributed by atoms with van der Waals surface area (Å²) in [6.07, 6.45) is 0. The van der Waals surface area contributed by atoms with Crippen LogP contribution in [0.2, 0.25) is 0 Å². The minimum absolute atomic E-state index is 0.239. The number of aliphatic carboxylic acids is 2. The molecular weight excluding hydrogens is 252 g/mol. The molecule has 2 N–H and O–H groups in total. The van der Waals surface area contributed by atoms with Crippen LogP contribution in [0.25, 0.3) is 0 Å². The lowest BCUT2D eigenvalue weighted by Gasteiger charge is -2.24. The second-order valence-corrected chi connectivity index (χ2v) is 4.52. The fourth-order valence-electron chi connectivity index (χ4n) is 1.92. The number of benzene rings is 1. The van der Waals surface area contributed by atoms with E-state index in [4.69, 9.17) is 0 Å². The van der Waals surface area contributed by atoms with Crippen LogP contribution < -0.4 is 0 Å². The average Bonchev–Trinajstić information content (AvgIpc) is 2.84. The van der Waals surface area contributed by atoms with E-state index < -0.39 is 17.4 Å². The molecule has 0 unspecified atom stereocenters. The van der Waals surface area contributed by atoms with Crippen LogP contribution in [0.15, 0.2) is 47.2 Å². The summed E-state index contributed by atoms with van der Waals surface area (Å²) >= 11 is 1.27. The van der Waals surface area contributed by atoms with Crippen molar-refractivity contribution in [3.05, 3.63) is 58.3 Å². The van der Waals surface area contributed by atoms with Crippen LogP contribution >= 0.6 is 11.3 Å². The molecule has 1 aromatic carbocycles. The molecule has 1 heterocycles. The molecule has 0 aliphatic rings. The number of hydrogen-bond acceptors (Lipinski definition) is 3. The molecule has 0 aliphatic heterocycles. The zero-order valence-corrected chi connectivity index (χ0v) is 10.1. The third kappa shape index (κ3) is 1.69. The van der Waals surface area contributed by atoms with Gasteiger partial charge in [-0.2, -0.15) is 11.3 Å². The molecule has 5 heteroatoms. The van der Waals surface area contributed by atoms with Crippen LogP contribution in [-0.4, -0.2) is 22.2 Å². The SMILES string of the molecule is O=C(O)C(C(=O)O)(c1ccccc1)c1ccsc1. The zero-order valence-electron chi connectivity index (χ0n) is 9.24. The van der Waals surface area contributed by atoms with E-state index in [0.29, 0.717) is 0 Å². The Bertz CT molecular complexity index is 546. The van der Waals surface area contributed by atoms with E-state index in [1.54, 1.807) is 29.0 Å². The number of hydrogen-bond donors (Lipinski definition) is 2. The topological polar surface area (TPSA) is 74.6 Å². The van der Waals surface area contributed by atoms with Gasteiger partial charge in [0.15, 0.2) is 0 Å². The highest BCUT2D eigenvalue weighted by molar-refractivity contribution is 7.08. The van der Waals surface area contributed by atoms with Crippen molar-refractivity contribution in [1.82, 2.24) is 0 Å². The normalized spacial score (nSPS) is 11.1. The quantitative estimate of drug-likeness (QED) is 0.828. The third-order valence-corrected chi connectivity index (χ3v) is 3.49. The van der Waals surface area contributed by atoms with E-state index in [-0.39, 0.29) is 11.1 Å². The zero-order chi connectivity index (χ0) is 13.2. The molecule has 0 bridgehead atoms. The maximum Gasteiger partial charge on any atom is 0.330 e. The van der Waals surface area contributed by atoms with Gasteiger partial charge in [0.05, 0.1) is 0 Å². The number of carboxylic acids is 2. The molecule has 0 radical (unpaired) electrons. The molecule has 0 amide bonds. The minimum atomic E-state index is -2.04. The van der Waals surface area contributed by atoms with Gasteiger partial charge >= 0.3 is 11.9 Å². The largest absolute Gasteiger partial charge is 0.480 e. The Morgan fingerprint density at radius 2 is 1.56 bits per heavy atom. The van der Waals surface area contributed by atoms with Gasteiger partial charge in [-0.1, -0.05) is 30.3 Å². The fourth-order valence-corrected chi connectivity index (χ4v) is 2.62. The van der Waals surface area contributed by atoms with Gasteiger partial charge in [0, 0.05) is 0 Å². The molecule has 1 aromatic heterocycles. The molecule has 0 saturated heterocycles. The van der Waals surface area contributed by atoms with Crippen molar-refractivity contribution in [2.75, 3.05) is 0 Å². The first-order valence-electron chi connectivity index (χ1n) is 5.15. The van der Waals surface area contributed by atoms with Crippen molar-refractivity contribution >= 4 is 23.3 Å². The second kappa shape index (κ2) is 4.62. The molecular formula is C13H10O4S. The van der Waals surface area contributed by atoms with Gasteiger partial charge < -0.3 is 10.2 Å². The smallest absolute Gasteiger partial charge is 0.330 e. The first-order chi connectivity index (χ1) is 8.60. The van der Waals surface area contributed by atoms with Crippen molar-refractivity contribution < 1.29 is 19.8 Å². The number of rotatable bonds is 4. The molecule has 0 saturated carbocycles. The van der Waals surface area contributed by atoms with Crippen molar-refractivity contribution in [2.45, 2.75) is 5.41 Å². The van der Waals surface area contributed by atoms with Crippen molar-refractivity contribution in [3.63, 3.8) is 0 Å². The monoisotopic (exact) mass is 262 g/mol. The predicted octanol–water partition coefficient (Wildman–Crippen LogP) is 2.20. The molecule has 0 atom stereocenters. The Hall–Kier alpha value is -2.14. The summed E-state index contributed by atoms with van der Waals surface area (Å²) in [6, 6.07) is 9.52. The van der Waals surface area contributed by atoms with E-state index in [9.17, 15) is 19.8 Å². The summed E-state index contributed by atoms with van der Waals surface area (Å²) < 4.78 is 0. The molecule has 0 spiro atoms. The van der Waals surface area contributed by atoms with Gasteiger partial charge in [-0.15, -0.1) is 0 Å². The first-order valence-corrected chi connectivity index (χ1v) is 6.09. The third-order valence-electron chi connectivity index (χ3n) is 2.80. The van der Waals surface area contributed by atoms with E-state index in [1.165, 1.54) is 29.5 Å². The van der Waals surface area contributed by atoms with Gasteiger partial charge in [0.2, 0.25) is 5.41 Å². The maximum absolute atomic E-state index is 11.6. The van der Waals surface area contributed by atoms with Crippen molar-refractivity contribution in [3.8, 4) is 0 Å². The average molecular weight is 262 g/mol. The van der Waals surface area contributed by atoms with E-state index >= 15 is 0 Å². The maximum atomic E-state index is 11.6. The first kappa shape index (κ1) is 12.3. The fraction of sp³-hybridized carbons (Fsp3) is 0.0769. The van der Waals surface area contributed by atoms with Crippen LogP contribution in [0.4, 0.5) is 0 Å². The summed E-state index contributed by atoms with van der Waals surface area (Å²) in [6.45, 7) is 0. The Morgan fingerprint density at radius 3 is 2.00 bits per heavy atom. The van der Waals surface area contributed by atoms with Crippen molar-refractivity contribution in [2.24, 2.45) is 0 Å². The van der Waals surface area contributed by atoms with Gasteiger partial charge in [-0.05, 0) is 28.0 Å². The predicted molar refractivity (Wildman–Crippen MR) is 66.8 cm³/mol. The van der Waals surface area contributed by atoms with Crippen LogP contribution in [0.1, 0.15) is 11.1 Å². The standard InChI is InChI=1S/C13H10O4S/c14-11(15)13(12(16)17,10-6-7-18-8-10)9-4-2-1-3-5-9/h1-8H,(H,14,15)(H,16,17). The molecule has 0 aliphatic carbocycles. The molecule has 2 rings (SSSR count). The van der Waals surface area contributed by atoms with Crippen LogP contribution in [0.5, 0.6) is 0 Å². The summed E-state index contributed by atoms with van der Waals surface area (Å²) in [5.41, 5.74) is -1.54. The van der Waals surface area contributed by atoms with Crippen LogP contribution in [-0.2, 0) is 15.0 Å². The highest BCUT2D eigenvalue weighted by Gasteiger charge is 2.50. The number of carbonyl (C=O) groups is 2. The second-order valence-electron chi connectivity index (χ2n) is 3.74. The minimum Gasteiger partial charge on any atom is -0.480 e. The molecule has 92 valence electrons. The lowest BCUT2D eigenvalue weighted by molar-refractivity contribution is -0.155. The van der Waals surface area contributed by atoms with Gasteiger partial charge in [-0.25, -0.2) is 0 Å². The Morgan fingerprint density at radius 1 is 0.944 bits per heavy atom. The van der Waals surface area contributed by atoms with E-state index in [0.717, 1.165) is 0 Å². The molecule has 0 fully saturated rings. The van der Waals surface area contributed by atoms with E-state index in [1.807, 2.05) is 0 Å². The Balaban J connectivity index is 2.74. The molecule has 4 nitrogen and oxygen atoms in total. The summed E-state index contributed by atoms with van der Waals surface area (Å²) in [4.78, 5) is 23.2. The van der Waals surface area contributed by atoms with Crippen LogP contribution in [0, 0.1) is 0 Å². The summed E-state index contributed by atoms with van der Waals surface area (Å²) in [7, 11) is 0. The molecule has 18 heavy (non-hydrogen) atoms. The number of thiophene rings is 1. The van der Waals surface area contributed by atoms with Gasteiger partial charge in [-0.3, -0.25) is 9.59 Å². The van der Waals surface area contributed by atoms with Gasteiger partial charge in [0.1, 0.15) is 0 Å². The highest BCUT2D eigenvalue weighted by Crippen LogP contribution is 2.34. The Kier molecular flexibility index (Phi) is 3.16. The van der Waals surface area contributed by atoms with Crippen molar-refractivity contribution in [1.29, 1.82) is 0 Å². The van der Waals surface area contributed by atoms with Gasteiger partial charge in [0.25, 0.3) is 0 Å². The number of carboxylic acid groups (broad SMARTS) is 2. The molecule has 2 aromatic rings. The summed E-state index contributed by atoms with van der Waals surface area (Å²) in [5, 5.41) is 22.1. The van der Waals surface area contributed by atoms with Crippen LogP contribution in [0.3, 0.4) is 0 Å². The van der Waals surface area contributed by atoms with E-state index in [2.05, 4.69) is 0 Å². The highest BCUT2D eigenvalue weighted by atomic mass is 32.1. The lowest BCUT2D eigenvalue weighted by atomic mass is 9.75.